The number of carbonyl (C=O) groups is 1. The van der Waals surface area contributed by atoms with Gasteiger partial charge >= 0.3 is 0 Å². The fourth-order valence-corrected chi connectivity index (χ4v) is 2.18. The Morgan fingerprint density at radius 2 is 2.00 bits per heavy atom. The van der Waals surface area contributed by atoms with Crippen molar-refractivity contribution in [2.45, 2.75) is 25.0 Å². The van der Waals surface area contributed by atoms with Crippen molar-refractivity contribution in [3.8, 4) is 0 Å². The summed E-state index contributed by atoms with van der Waals surface area (Å²) in [4.78, 5) is 13.0. The summed E-state index contributed by atoms with van der Waals surface area (Å²) < 4.78 is 5.68. The fourth-order valence-electron chi connectivity index (χ4n) is 2.18. The van der Waals surface area contributed by atoms with Gasteiger partial charge in [0, 0.05) is 25.2 Å². The van der Waals surface area contributed by atoms with E-state index in [1.807, 2.05) is 0 Å². The largest absolute Gasteiger partial charge is 0.372 e. The number of likely N-dealkylation sites (tertiary alicyclic amines) is 1. The number of ether oxygens (including phenoxy) is 1. The molecular weight excluding hydrogens is 180 g/mol. The average molecular weight is 196 g/mol. The summed E-state index contributed by atoms with van der Waals surface area (Å²) >= 11 is 0. The molecular formula is C10H16N2O2. The first kappa shape index (κ1) is 9.68. The summed E-state index contributed by atoms with van der Waals surface area (Å²) in [5, 5.41) is 0. The summed E-state index contributed by atoms with van der Waals surface area (Å²) in [6.07, 6.45) is 3.00. The van der Waals surface area contributed by atoms with Gasteiger partial charge in [0.15, 0.2) is 0 Å². The van der Waals surface area contributed by atoms with Crippen LogP contribution in [0.2, 0.25) is 0 Å². The lowest BCUT2D eigenvalue weighted by molar-refractivity contribution is -0.115. The van der Waals surface area contributed by atoms with Crippen molar-refractivity contribution >= 4 is 5.91 Å². The Bertz CT molecular complexity index is 253. The number of nitrogens with zero attached hydrogens (tertiary/aromatic N) is 1. The highest BCUT2D eigenvalue weighted by Gasteiger charge is 2.33. The third-order valence-electron chi connectivity index (χ3n) is 2.88. The van der Waals surface area contributed by atoms with Crippen LogP contribution < -0.4 is 5.73 Å². The average Bonchev–Trinajstić information content (AvgIpc) is 2.45. The fraction of sp³-hybridized carbons (Fsp3) is 0.700. The molecule has 2 heterocycles. The molecule has 0 aromatic heterocycles. The maximum Gasteiger partial charge on any atom is 0.245 e. The zero-order valence-electron chi connectivity index (χ0n) is 8.24. The SMILES string of the molecule is C=C(CN1CC2CCC(C1)O2)C(N)=O. The van der Waals surface area contributed by atoms with E-state index in [0.29, 0.717) is 24.3 Å². The van der Waals surface area contributed by atoms with E-state index in [-0.39, 0.29) is 0 Å². The number of rotatable bonds is 3. The molecule has 0 radical (unpaired) electrons. The molecule has 0 aliphatic carbocycles. The lowest BCUT2D eigenvalue weighted by Crippen LogP contribution is -2.44. The molecule has 0 aromatic rings. The van der Waals surface area contributed by atoms with Crippen molar-refractivity contribution in [2.24, 2.45) is 5.73 Å². The normalized spacial score (nSPS) is 31.7. The lowest BCUT2D eigenvalue weighted by Gasteiger charge is -2.31. The first-order valence-corrected chi connectivity index (χ1v) is 5.00. The number of morpholine rings is 1. The highest BCUT2D eigenvalue weighted by atomic mass is 16.5. The maximum absolute atomic E-state index is 10.8. The second kappa shape index (κ2) is 3.71. The molecule has 1 amide bonds. The summed E-state index contributed by atoms with van der Waals surface area (Å²) in [5.74, 6) is -0.399. The molecule has 2 aliphatic rings. The van der Waals surface area contributed by atoms with E-state index in [9.17, 15) is 4.79 Å². The summed E-state index contributed by atoms with van der Waals surface area (Å²) in [6.45, 7) is 6.06. The molecule has 4 nitrogen and oxygen atoms in total. The number of primary amides is 1. The van der Waals surface area contributed by atoms with E-state index in [0.717, 1.165) is 25.9 Å². The standard InChI is InChI=1S/C10H16N2O2/c1-7(10(11)13)4-12-5-8-2-3-9(6-12)14-8/h8-9H,1-6H2,(H2,11,13). The molecule has 2 bridgehead atoms. The van der Waals surface area contributed by atoms with Gasteiger partial charge in [-0.1, -0.05) is 6.58 Å². The van der Waals surface area contributed by atoms with Gasteiger partial charge in [0.2, 0.25) is 5.91 Å². The first-order valence-electron chi connectivity index (χ1n) is 5.00. The van der Waals surface area contributed by atoms with E-state index in [1.54, 1.807) is 0 Å². The Kier molecular flexibility index (Phi) is 2.56. The molecule has 78 valence electrons. The molecule has 0 aromatic carbocycles. The van der Waals surface area contributed by atoms with Crippen LogP contribution in [0.25, 0.3) is 0 Å². The number of hydrogen-bond acceptors (Lipinski definition) is 3. The number of nitrogens with two attached hydrogens (primary N) is 1. The number of fused-ring (bicyclic) bond motifs is 2. The maximum atomic E-state index is 10.8. The zero-order valence-corrected chi connectivity index (χ0v) is 8.24. The van der Waals surface area contributed by atoms with Crippen LogP contribution >= 0.6 is 0 Å². The van der Waals surface area contributed by atoms with Crippen LogP contribution in [0.4, 0.5) is 0 Å². The molecule has 2 aliphatic heterocycles. The second-order valence-electron chi connectivity index (χ2n) is 4.12. The van der Waals surface area contributed by atoms with Gasteiger partial charge in [-0.2, -0.15) is 0 Å². The van der Waals surface area contributed by atoms with E-state index >= 15 is 0 Å². The van der Waals surface area contributed by atoms with Crippen molar-refractivity contribution in [3.05, 3.63) is 12.2 Å². The molecule has 4 heteroatoms. The monoisotopic (exact) mass is 196 g/mol. The molecule has 2 saturated heterocycles. The van der Waals surface area contributed by atoms with Gasteiger partial charge in [-0.3, -0.25) is 9.69 Å². The second-order valence-corrected chi connectivity index (χ2v) is 4.12. The Labute approximate surface area is 83.7 Å². The van der Waals surface area contributed by atoms with Gasteiger partial charge in [-0.15, -0.1) is 0 Å². The van der Waals surface area contributed by atoms with Crippen LogP contribution in [0, 0.1) is 0 Å². The van der Waals surface area contributed by atoms with Crippen molar-refractivity contribution in [3.63, 3.8) is 0 Å². The van der Waals surface area contributed by atoms with Gasteiger partial charge < -0.3 is 10.5 Å². The Morgan fingerprint density at radius 1 is 1.43 bits per heavy atom. The van der Waals surface area contributed by atoms with E-state index in [4.69, 9.17) is 10.5 Å². The molecule has 0 spiro atoms. The Hall–Kier alpha value is -0.870. The van der Waals surface area contributed by atoms with Crippen LogP contribution in [-0.4, -0.2) is 42.6 Å². The van der Waals surface area contributed by atoms with E-state index in [1.165, 1.54) is 0 Å². The summed E-state index contributed by atoms with van der Waals surface area (Å²) in [5.41, 5.74) is 5.63. The summed E-state index contributed by atoms with van der Waals surface area (Å²) in [6, 6.07) is 0. The van der Waals surface area contributed by atoms with Gasteiger partial charge in [0.25, 0.3) is 0 Å². The van der Waals surface area contributed by atoms with Gasteiger partial charge in [0.1, 0.15) is 0 Å². The highest BCUT2D eigenvalue weighted by Crippen LogP contribution is 2.26. The van der Waals surface area contributed by atoms with Gasteiger partial charge in [-0.05, 0) is 12.8 Å². The van der Waals surface area contributed by atoms with Crippen LogP contribution in [0.3, 0.4) is 0 Å². The number of hydrogen-bond donors (Lipinski definition) is 1. The van der Waals surface area contributed by atoms with E-state index < -0.39 is 5.91 Å². The third-order valence-corrected chi connectivity index (χ3v) is 2.88. The van der Waals surface area contributed by atoms with Crippen molar-refractivity contribution < 1.29 is 9.53 Å². The minimum atomic E-state index is -0.399. The number of carbonyl (C=O) groups excluding carboxylic acids is 1. The molecule has 14 heavy (non-hydrogen) atoms. The Balaban J connectivity index is 1.88. The van der Waals surface area contributed by atoms with Crippen LogP contribution in [0.5, 0.6) is 0 Å². The molecule has 2 atom stereocenters. The predicted octanol–water partition coefficient (Wildman–Crippen LogP) is -0.109. The number of amides is 1. The van der Waals surface area contributed by atoms with Crippen LogP contribution in [0.15, 0.2) is 12.2 Å². The zero-order chi connectivity index (χ0) is 10.1. The molecule has 0 saturated carbocycles. The highest BCUT2D eigenvalue weighted by molar-refractivity contribution is 5.91. The van der Waals surface area contributed by atoms with Crippen LogP contribution in [0.1, 0.15) is 12.8 Å². The molecule has 2 fully saturated rings. The smallest absolute Gasteiger partial charge is 0.245 e. The summed E-state index contributed by atoms with van der Waals surface area (Å²) in [7, 11) is 0. The minimum Gasteiger partial charge on any atom is -0.372 e. The Morgan fingerprint density at radius 3 is 2.50 bits per heavy atom. The van der Waals surface area contributed by atoms with Gasteiger partial charge in [-0.25, -0.2) is 0 Å². The van der Waals surface area contributed by atoms with Gasteiger partial charge in [0.05, 0.1) is 12.2 Å². The minimum absolute atomic E-state index is 0.356. The van der Waals surface area contributed by atoms with Crippen molar-refractivity contribution in [1.29, 1.82) is 0 Å². The van der Waals surface area contributed by atoms with Crippen molar-refractivity contribution in [2.75, 3.05) is 19.6 Å². The molecule has 2 N–H and O–H groups in total. The third kappa shape index (κ3) is 1.96. The topological polar surface area (TPSA) is 55.6 Å². The molecule has 2 rings (SSSR count). The van der Waals surface area contributed by atoms with Crippen LogP contribution in [-0.2, 0) is 9.53 Å². The van der Waals surface area contributed by atoms with Crippen molar-refractivity contribution in [1.82, 2.24) is 4.90 Å². The lowest BCUT2D eigenvalue weighted by atomic mass is 10.2. The molecule has 2 unspecified atom stereocenters. The predicted molar refractivity (Wildman–Crippen MR) is 52.7 cm³/mol. The van der Waals surface area contributed by atoms with E-state index in [2.05, 4.69) is 11.5 Å². The first-order chi connectivity index (χ1) is 6.65. The quantitative estimate of drug-likeness (QED) is 0.641.